The fourth-order valence-corrected chi connectivity index (χ4v) is 0.813. The van der Waals surface area contributed by atoms with E-state index in [1.54, 1.807) is 20.8 Å². The van der Waals surface area contributed by atoms with Crippen LogP contribution in [0.3, 0.4) is 0 Å². The smallest absolute Gasteiger partial charge is 0.424 e. The molecule has 0 bridgehead atoms. The number of hydrogen-bond acceptors (Lipinski definition) is 5. The average molecular weight is 233 g/mol. The van der Waals surface area contributed by atoms with Gasteiger partial charge in [-0.25, -0.2) is 15.6 Å². The maximum absolute atomic E-state index is 11.3. The van der Waals surface area contributed by atoms with E-state index >= 15 is 0 Å². The van der Waals surface area contributed by atoms with E-state index in [0.717, 1.165) is 5.01 Å². The normalized spacial score (nSPS) is 13.1. The Hall–Kier alpha value is -1.34. The second-order valence-electron chi connectivity index (χ2n) is 4.41. The third-order valence-electron chi connectivity index (χ3n) is 1.63. The van der Waals surface area contributed by atoms with Crippen LogP contribution in [0.4, 0.5) is 4.79 Å². The molecule has 0 saturated carbocycles. The first kappa shape index (κ1) is 14.7. The van der Waals surface area contributed by atoms with Crippen molar-refractivity contribution in [1.82, 2.24) is 5.01 Å². The minimum Gasteiger partial charge on any atom is -0.480 e. The number of ether oxygens (including phenoxy) is 1. The highest BCUT2D eigenvalue weighted by molar-refractivity contribution is 5.73. The van der Waals surface area contributed by atoms with Gasteiger partial charge >= 0.3 is 12.1 Å². The predicted molar refractivity (Wildman–Crippen MR) is 57.4 cm³/mol. The summed E-state index contributed by atoms with van der Waals surface area (Å²) in [6, 6.07) is -1.03. The summed E-state index contributed by atoms with van der Waals surface area (Å²) in [7, 11) is 0. The zero-order valence-electron chi connectivity index (χ0n) is 9.77. The number of carbonyl (C=O) groups excluding carboxylic acids is 1. The molecule has 0 saturated heterocycles. The van der Waals surface area contributed by atoms with Gasteiger partial charge in [-0.3, -0.25) is 4.79 Å². The second kappa shape index (κ2) is 5.66. The van der Waals surface area contributed by atoms with E-state index in [1.807, 2.05) is 0 Å². The van der Waals surface area contributed by atoms with Crippen molar-refractivity contribution in [3.8, 4) is 0 Å². The Morgan fingerprint density at radius 3 is 2.31 bits per heavy atom. The molecule has 0 heterocycles. The molecule has 0 fully saturated rings. The number of rotatable bonds is 4. The van der Waals surface area contributed by atoms with Gasteiger partial charge in [-0.2, -0.15) is 0 Å². The van der Waals surface area contributed by atoms with Crippen molar-refractivity contribution in [3.63, 3.8) is 0 Å². The zero-order valence-corrected chi connectivity index (χ0v) is 9.77. The number of hydrogen-bond donors (Lipinski definition) is 3. The minimum atomic E-state index is -1.13. The Morgan fingerprint density at radius 1 is 1.44 bits per heavy atom. The highest BCUT2D eigenvalue weighted by Crippen LogP contribution is 2.08. The van der Waals surface area contributed by atoms with Crippen molar-refractivity contribution in [2.45, 2.75) is 38.8 Å². The van der Waals surface area contributed by atoms with Gasteiger partial charge in [0.05, 0.1) is 0 Å². The number of amides is 1. The van der Waals surface area contributed by atoms with E-state index in [1.165, 1.54) is 0 Å². The Kier molecular flexibility index (Phi) is 5.19. The number of aliphatic carboxylic acids is 1. The SMILES string of the molecule is CC(C)(C)OC(=O)N(N)CCC(N)C(=O)O. The predicted octanol–water partition coefficient (Wildman–Crippen LogP) is -0.101. The van der Waals surface area contributed by atoms with E-state index < -0.39 is 23.7 Å². The maximum Gasteiger partial charge on any atom is 0.424 e. The van der Waals surface area contributed by atoms with Crippen LogP contribution in [-0.4, -0.2) is 40.4 Å². The van der Waals surface area contributed by atoms with Gasteiger partial charge in [0.25, 0.3) is 0 Å². The summed E-state index contributed by atoms with van der Waals surface area (Å²) in [4.78, 5) is 21.7. The number of hydrazine groups is 1. The van der Waals surface area contributed by atoms with Crippen LogP contribution in [0.1, 0.15) is 27.2 Å². The Labute approximate surface area is 94.3 Å². The van der Waals surface area contributed by atoms with Crippen molar-refractivity contribution >= 4 is 12.1 Å². The largest absolute Gasteiger partial charge is 0.480 e. The molecule has 0 aromatic carbocycles. The standard InChI is InChI=1S/C9H19N3O4/c1-9(2,3)16-8(15)12(11)5-4-6(10)7(13)14/h6H,4-5,10-11H2,1-3H3,(H,13,14). The zero-order chi connectivity index (χ0) is 12.9. The summed E-state index contributed by atoms with van der Waals surface area (Å²) in [6.45, 7) is 5.16. The summed E-state index contributed by atoms with van der Waals surface area (Å²) in [5, 5.41) is 9.33. The van der Waals surface area contributed by atoms with E-state index in [4.69, 9.17) is 21.4 Å². The van der Waals surface area contributed by atoms with Crippen molar-refractivity contribution in [2.24, 2.45) is 11.6 Å². The summed E-state index contributed by atoms with van der Waals surface area (Å²) in [6.07, 6.45) is -0.629. The lowest BCUT2D eigenvalue weighted by atomic mass is 10.2. The Balaban J connectivity index is 4.02. The molecule has 7 nitrogen and oxygen atoms in total. The lowest BCUT2D eigenvalue weighted by Gasteiger charge is -2.24. The monoisotopic (exact) mass is 233 g/mol. The third kappa shape index (κ3) is 6.20. The van der Waals surface area contributed by atoms with Gasteiger partial charge in [0, 0.05) is 6.54 Å². The molecule has 1 amide bonds. The number of carboxylic acids is 1. The lowest BCUT2D eigenvalue weighted by Crippen LogP contribution is -2.44. The van der Waals surface area contributed by atoms with E-state index in [9.17, 15) is 9.59 Å². The summed E-state index contributed by atoms with van der Waals surface area (Å²) < 4.78 is 4.97. The molecule has 94 valence electrons. The van der Waals surface area contributed by atoms with Crippen molar-refractivity contribution in [3.05, 3.63) is 0 Å². The topological polar surface area (TPSA) is 119 Å². The molecule has 5 N–H and O–H groups in total. The van der Waals surface area contributed by atoms with E-state index in [-0.39, 0.29) is 13.0 Å². The minimum absolute atomic E-state index is 0.0301. The summed E-state index contributed by atoms with van der Waals surface area (Å²) in [5.74, 6) is 4.26. The fourth-order valence-electron chi connectivity index (χ4n) is 0.813. The molecule has 0 spiro atoms. The molecule has 1 atom stereocenters. The molecule has 0 aliphatic carbocycles. The Morgan fingerprint density at radius 2 is 1.94 bits per heavy atom. The molecular formula is C9H19N3O4. The molecule has 1 unspecified atom stereocenters. The first-order valence-electron chi connectivity index (χ1n) is 4.87. The van der Waals surface area contributed by atoms with Crippen LogP contribution in [-0.2, 0) is 9.53 Å². The van der Waals surface area contributed by atoms with Gasteiger partial charge in [0.2, 0.25) is 0 Å². The number of carboxylic acid groups (broad SMARTS) is 1. The fraction of sp³-hybridized carbons (Fsp3) is 0.778. The van der Waals surface area contributed by atoms with Gasteiger partial charge < -0.3 is 15.6 Å². The van der Waals surface area contributed by atoms with Gasteiger partial charge in [0.1, 0.15) is 11.6 Å². The molecule has 0 aromatic rings. The second-order valence-corrected chi connectivity index (χ2v) is 4.41. The molecule has 16 heavy (non-hydrogen) atoms. The van der Waals surface area contributed by atoms with Crippen LogP contribution >= 0.6 is 0 Å². The van der Waals surface area contributed by atoms with E-state index in [2.05, 4.69) is 0 Å². The maximum atomic E-state index is 11.3. The lowest BCUT2D eigenvalue weighted by molar-refractivity contribution is -0.138. The Bertz CT molecular complexity index is 262. The van der Waals surface area contributed by atoms with Crippen molar-refractivity contribution in [1.29, 1.82) is 0 Å². The number of carbonyl (C=O) groups is 2. The van der Waals surface area contributed by atoms with Crippen molar-refractivity contribution in [2.75, 3.05) is 6.54 Å². The average Bonchev–Trinajstić information content (AvgIpc) is 2.10. The first-order chi connectivity index (χ1) is 7.13. The van der Waals surface area contributed by atoms with Crippen LogP contribution < -0.4 is 11.6 Å². The molecule has 0 aromatic heterocycles. The van der Waals surface area contributed by atoms with Gasteiger partial charge in [-0.05, 0) is 27.2 Å². The van der Waals surface area contributed by atoms with Crippen LogP contribution in [0.15, 0.2) is 0 Å². The third-order valence-corrected chi connectivity index (χ3v) is 1.63. The van der Waals surface area contributed by atoms with E-state index in [0.29, 0.717) is 0 Å². The summed E-state index contributed by atoms with van der Waals surface area (Å²) >= 11 is 0. The molecule has 0 aliphatic heterocycles. The number of nitrogens with two attached hydrogens (primary N) is 2. The highest BCUT2D eigenvalue weighted by Gasteiger charge is 2.21. The van der Waals surface area contributed by atoms with Gasteiger partial charge in [-0.1, -0.05) is 0 Å². The van der Waals surface area contributed by atoms with Crippen LogP contribution in [0.2, 0.25) is 0 Å². The quantitative estimate of drug-likeness (QED) is 0.354. The molecular weight excluding hydrogens is 214 g/mol. The van der Waals surface area contributed by atoms with Crippen LogP contribution in [0, 0.1) is 0 Å². The van der Waals surface area contributed by atoms with Crippen LogP contribution in [0.25, 0.3) is 0 Å². The highest BCUT2D eigenvalue weighted by atomic mass is 16.6. The first-order valence-corrected chi connectivity index (χ1v) is 4.87. The van der Waals surface area contributed by atoms with Gasteiger partial charge in [0.15, 0.2) is 0 Å². The molecule has 0 radical (unpaired) electrons. The van der Waals surface area contributed by atoms with Gasteiger partial charge in [-0.15, -0.1) is 0 Å². The summed E-state index contributed by atoms with van der Waals surface area (Å²) in [5.41, 5.74) is 4.62. The van der Waals surface area contributed by atoms with Crippen LogP contribution in [0.5, 0.6) is 0 Å². The molecule has 0 rings (SSSR count). The number of nitrogens with zero attached hydrogens (tertiary/aromatic N) is 1. The molecule has 0 aliphatic rings. The van der Waals surface area contributed by atoms with Crippen molar-refractivity contribution < 1.29 is 19.4 Å². The molecule has 7 heteroatoms.